The van der Waals surface area contributed by atoms with Gasteiger partial charge < -0.3 is 19.1 Å². The Labute approximate surface area is 190 Å². The van der Waals surface area contributed by atoms with Gasteiger partial charge in [-0.05, 0) is 37.3 Å². The van der Waals surface area contributed by atoms with Crippen LogP contribution >= 0.6 is 11.6 Å². The van der Waals surface area contributed by atoms with Crippen molar-refractivity contribution >= 4 is 34.9 Å². The highest BCUT2D eigenvalue weighted by atomic mass is 35.5. The van der Waals surface area contributed by atoms with E-state index in [0.29, 0.717) is 54.1 Å². The smallest absolute Gasteiger partial charge is 0.265 e. The van der Waals surface area contributed by atoms with E-state index in [2.05, 4.69) is 0 Å². The number of anilines is 1. The molecule has 9 heteroatoms. The average Bonchev–Trinajstić information content (AvgIpc) is 2.82. The number of para-hydroxylation sites is 1. The van der Waals surface area contributed by atoms with Gasteiger partial charge >= 0.3 is 0 Å². The number of morpholine rings is 1. The summed E-state index contributed by atoms with van der Waals surface area (Å²) < 4.78 is 16.4. The second kappa shape index (κ2) is 9.58. The van der Waals surface area contributed by atoms with Crippen LogP contribution in [0.5, 0.6) is 11.5 Å². The highest BCUT2D eigenvalue weighted by Crippen LogP contribution is 2.35. The van der Waals surface area contributed by atoms with Crippen LogP contribution in [0.3, 0.4) is 0 Å². The SMILES string of the molecule is C[C@H](C(=O)N1CCOCC1)N1C(=O)COc2ccc(C(=O)COc3ccccc3Cl)cc21. The maximum absolute atomic E-state index is 13.0. The summed E-state index contributed by atoms with van der Waals surface area (Å²) in [5.41, 5.74) is 0.726. The van der Waals surface area contributed by atoms with Crippen molar-refractivity contribution in [2.24, 2.45) is 0 Å². The van der Waals surface area contributed by atoms with Crippen LogP contribution in [0.4, 0.5) is 5.69 Å². The molecule has 1 atom stereocenters. The van der Waals surface area contributed by atoms with Crippen molar-refractivity contribution in [2.75, 3.05) is 44.4 Å². The monoisotopic (exact) mass is 458 g/mol. The molecule has 0 aromatic heterocycles. The minimum absolute atomic E-state index is 0.170. The molecule has 0 bridgehead atoms. The van der Waals surface area contributed by atoms with Crippen molar-refractivity contribution in [3.63, 3.8) is 0 Å². The van der Waals surface area contributed by atoms with Crippen LogP contribution in [-0.2, 0) is 14.3 Å². The van der Waals surface area contributed by atoms with Gasteiger partial charge in [0.2, 0.25) is 5.91 Å². The largest absolute Gasteiger partial charge is 0.484 e. The van der Waals surface area contributed by atoms with Crippen LogP contribution in [0.1, 0.15) is 17.3 Å². The Morgan fingerprint density at radius 3 is 2.66 bits per heavy atom. The van der Waals surface area contributed by atoms with E-state index in [4.69, 9.17) is 25.8 Å². The topological polar surface area (TPSA) is 85.4 Å². The normalized spacial score (nSPS) is 16.8. The average molecular weight is 459 g/mol. The molecule has 2 aromatic rings. The number of rotatable bonds is 6. The predicted octanol–water partition coefficient (Wildman–Crippen LogP) is 2.57. The van der Waals surface area contributed by atoms with Crippen LogP contribution in [0.15, 0.2) is 42.5 Å². The van der Waals surface area contributed by atoms with Crippen LogP contribution in [0.2, 0.25) is 5.02 Å². The van der Waals surface area contributed by atoms with Crippen molar-refractivity contribution in [3.05, 3.63) is 53.1 Å². The summed E-state index contributed by atoms with van der Waals surface area (Å²) in [6, 6.07) is 10.9. The number of halogens is 1. The lowest BCUT2D eigenvalue weighted by atomic mass is 10.1. The van der Waals surface area contributed by atoms with Crippen LogP contribution in [0, 0.1) is 0 Å². The molecule has 1 fully saturated rings. The van der Waals surface area contributed by atoms with Gasteiger partial charge in [0.15, 0.2) is 19.0 Å². The molecule has 0 spiro atoms. The van der Waals surface area contributed by atoms with E-state index in [1.165, 1.54) is 4.90 Å². The Morgan fingerprint density at radius 1 is 1.16 bits per heavy atom. The Balaban J connectivity index is 1.54. The Hall–Kier alpha value is -3.10. The van der Waals surface area contributed by atoms with Crippen molar-refractivity contribution in [2.45, 2.75) is 13.0 Å². The first kappa shape index (κ1) is 22.1. The molecule has 1 saturated heterocycles. The van der Waals surface area contributed by atoms with Crippen molar-refractivity contribution < 1.29 is 28.6 Å². The lowest BCUT2D eigenvalue weighted by Crippen LogP contribution is -2.54. The number of carbonyl (C=O) groups excluding carboxylic acids is 3. The minimum Gasteiger partial charge on any atom is -0.484 e. The molecule has 2 aliphatic rings. The fourth-order valence-electron chi connectivity index (χ4n) is 3.72. The maximum Gasteiger partial charge on any atom is 0.265 e. The van der Waals surface area contributed by atoms with Gasteiger partial charge in [-0.2, -0.15) is 0 Å². The number of fused-ring (bicyclic) bond motifs is 1. The first-order chi connectivity index (χ1) is 15.5. The highest BCUT2D eigenvalue weighted by molar-refractivity contribution is 6.32. The summed E-state index contributed by atoms with van der Waals surface area (Å²) >= 11 is 6.07. The van der Waals surface area contributed by atoms with Crippen LogP contribution in [-0.4, -0.2) is 68.1 Å². The van der Waals surface area contributed by atoms with Gasteiger partial charge in [0.25, 0.3) is 5.91 Å². The number of hydrogen-bond donors (Lipinski definition) is 0. The molecule has 0 N–H and O–H groups in total. The number of hydrogen-bond acceptors (Lipinski definition) is 6. The quantitative estimate of drug-likeness (QED) is 0.618. The summed E-state index contributed by atoms with van der Waals surface area (Å²) in [6.45, 7) is 3.18. The Morgan fingerprint density at radius 2 is 1.91 bits per heavy atom. The van der Waals surface area contributed by atoms with Gasteiger partial charge in [-0.15, -0.1) is 0 Å². The molecule has 0 radical (unpaired) electrons. The number of ketones is 1. The van der Waals surface area contributed by atoms with E-state index >= 15 is 0 Å². The third-order valence-corrected chi connectivity index (χ3v) is 5.74. The third kappa shape index (κ3) is 4.56. The molecular formula is C23H23ClN2O6. The molecule has 2 aliphatic heterocycles. The molecule has 168 valence electrons. The number of amides is 2. The zero-order valence-electron chi connectivity index (χ0n) is 17.6. The fourth-order valence-corrected chi connectivity index (χ4v) is 3.91. The minimum atomic E-state index is -0.743. The van der Waals surface area contributed by atoms with Gasteiger partial charge in [-0.1, -0.05) is 23.7 Å². The fraction of sp³-hybridized carbons (Fsp3) is 0.348. The van der Waals surface area contributed by atoms with Gasteiger partial charge in [0, 0.05) is 18.7 Å². The summed E-state index contributed by atoms with van der Waals surface area (Å²) in [5, 5.41) is 0.409. The number of Topliss-reactive ketones (excluding diaryl/α,β-unsaturated/α-hetero) is 1. The van der Waals surface area contributed by atoms with Crippen molar-refractivity contribution in [1.82, 2.24) is 4.90 Å². The van der Waals surface area contributed by atoms with Gasteiger partial charge in [0.1, 0.15) is 17.5 Å². The standard InChI is InChI=1S/C23H23ClN2O6/c1-15(23(29)25-8-10-30-11-9-25)26-18-12-16(6-7-21(18)32-14-22(26)28)19(27)13-31-20-5-3-2-4-17(20)24/h2-7,12,15H,8-11,13-14H2,1H3/t15-/m1/s1. The number of benzene rings is 2. The Kier molecular flexibility index (Phi) is 6.62. The van der Waals surface area contributed by atoms with Gasteiger partial charge in [-0.3, -0.25) is 19.3 Å². The summed E-state index contributed by atoms with van der Waals surface area (Å²) in [7, 11) is 0. The Bertz CT molecular complexity index is 1040. The van der Waals surface area contributed by atoms with E-state index in [1.54, 1.807) is 54.3 Å². The molecule has 0 aliphatic carbocycles. The van der Waals surface area contributed by atoms with E-state index in [9.17, 15) is 14.4 Å². The van der Waals surface area contributed by atoms with Gasteiger partial charge in [0.05, 0.1) is 23.9 Å². The number of carbonyl (C=O) groups is 3. The zero-order valence-corrected chi connectivity index (χ0v) is 18.3. The third-order valence-electron chi connectivity index (χ3n) is 5.42. The molecule has 0 unspecified atom stereocenters. The molecule has 8 nitrogen and oxygen atoms in total. The first-order valence-corrected chi connectivity index (χ1v) is 10.7. The van der Waals surface area contributed by atoms with E-state index in [-0.39, 0.29) is 30.8 Å². The molecule has 0 saturated carbocycles. The zero-order chi connectivity index (χ0) is 22.7. The second-order valence-electron chi connectivity index (χ2n) is 7.49. The summed E-state index contributed by atoms with van der Waals surface area (Å²) in [5.74, 6) is 0.0369. The lowest BCUT2D eigenvalue weighted by Gasteiger charge is -2.37. The molecular weight excluding hydrogens is 436 g/mol. The first-order valence-electron chi connectivity index (χ1n) is 10.3. The van der Waals surface area contributed by atoms with E-state index < -0.39 is 6.04 Å². The van der Waals surface area contributed by atoms with Crippen molar-refractivity contribution in [3.8, 4) is 11.5 Å². The molecule has 2 amide bonds. The highest BCUT2D eigenvalue weighted by Gasteiger charge is 2.36. The lowest BCUT2D eigenvalue weighted by molar-refractivity contribution is -0.138. The molecule has 2 heterocycles. The summed E-state index contributed by atoms with van der Waals surface area (Å²) in [4.78, 5) is 41.5. The van der Waals surface area contributed by atoms with E-state index in [0.717, 1.165) is 0 Å². The summed E-state index contributed by atoms with van der Waals surface area (Å²) in [6.07, 6.45) is 0. The number of ether oxygens (including phenoxy) is 3. The predicted molar refractivity (Wildman–Crippen MR) is 118 cm³/mol. The number of nitrogens with zero attached hydrogens (tertiary/aromatic N) is 2. The second-order valence-corrected chi connectivity index (χ2v) is 7.90. The van der Waals surface area contributed by atoms with Crippen LogP contribution < -0.4 is 14.4 Å². The molecule has 2 aromatic carbocycles. The van der Waals surface area contributed by atoms with Crippen molar-refractivity contribution in [1.29, 1.82) is 0 Å². The van der Waals surface area contributed by atoms with Crippen LogP contribution in [0.25, 0.3) is 0 Å². The van der Waals surface area contributed by atoms with E-state index in [1.807, 2.05) is 0 Å². The molecule has 4 rings (SSSR count). The van der Waals surface area contributed by atoms with Gasteiger partial charge in [-0.25, -0.2) is 0 Å². The maximum atomic E-state index is 13.0. The molecule has 32 heavy (non-hydrogen) atoms.